The first-order chi connectivity index (χ1) is 22.3. The molecule has 1 N–H and O–H groups in total. The van der Waals surface area contributed by atoms with Crippen LogP contribution in [0.3, 0.4) is 0 Å². The second-order valence-corrected chi connectivity index (χ2v) is 12.8. The molecule has 4 aliphatic rings. The number of benzene rings is 3. The van der Waals surface area contributed by atoms with Gasteiger partial charge < -0.3 is 24.5 Å². The fourth-order valence-electron chi connectivity index (χ4n) is 8.34. The zero-order valence-electron chi connectivity index (χ0n) is 26.4. The highest BCUT2D eigenvalue weighted by molar-refractivity contribution is 6.08. The minimum atomic E-state index is -1.44. The second kappa shape index (κ2) is 11.4. The van der Waals surface area contributed by atoms with Crippen LogP contribution in [0.2, 0.25) is 0 Å². The zero-order valence-corrected chi connectivity index (χ0v) is 26.4. The molecule has 0 saturated carbocycles. The van der Waals surface area contributed by atoms with Crippen LogP contribution in [0.1, 0.15) is 36.1 Å². The lowest BCUT2D eigenvalue weighted by Gasteiger charge is -2.41. The number of aryl methyl sites for hydroxylation is 2. The van der Waals surface area contributed by atoms with E-state index in [0.29, 0.717) is 18.5 Å². The Morgan fingerprint density at radius 3 is 2.07 bits per heavy atom. The van der Waals surface area contributed by atoms with Gasteiger partial charge in [-0.25, -0.2) is 0 Å². The second-order valence-electron chi connectivity index (χ2n) is 12.8. The largest absolute Gasteiger partial charge is 0.394 e. The number of aliphatic hydroxyl groups excluding tert-OH is 1. The number of hydrogen-bond acceptors (Lipinski definition) is 5. The van der Waals surface area contributed by atoms with Crippen LogP contribution in [0.25, 0.3) is 0 Å². The molecule has 0 aromatic heterocycles. The molecule has 8 nitrogen and oxygen atoms in total. The summed E-state index contributed by atoms with van der Waals surface area (Å²) in [4.78, 5) is 50.0. The van der Waals surface area contributed by atoms with E-state index < -0.39 is 41.7 Å². The summed E-state index contributed by atoms with van der Waals surface area (Å²) in [6.07, 6.45) is 8.08. The van der Waals surface area contributed by atoms with E-state index in [1.165, 1.54) is 4.90 Å². The average Bonchev–Trinajstić information content (AvgIpc) is 3.36. The number of amides is 3. The van der Waals surface area contributed by atoms with Gasteiger partial charge in [0, 0.05) is 24.5 Å². The van der Waals surface area contributed by atoms with Crippen LogP contribution in [0.4, 0.5) is 11.4 Å². The van der Waals surface area contributed by atoms with Crippen molar-refractivity contribution in [3.8, 4) is 0 Å². The third-order valence-corrected chi connectivity index (χ3v) is 10.3. The van der Waals surface area contributed by atoms with E-state index in [1.54, 1.807) is 9.80 Å². The molecule has 0 radical (unpaired) electrons. The van der Waals surface area contributed by atoms with Gasteiger partial charge in [0.15, 0.2) is 0 Å². The van der Waals surface area contributed by atoms with E-state index in [4.69, 9.17) is 4.74 Å². The molecule has 4 aliphatic heterocycles. The van der Waals surface area contributed by atoms with Crippen molar-refractivity contribution in [1.82, 2.24) is 4.90 Å². The van der Waals surface area contributed by atoms with Crippen LogP contribution in [-0.4, -0.2) is 64.7 Å². The summed E-state index contributed by atoms with van der Waals surface area (Å²) in [5, 5.41) is 10.9. The van der Waals surface area contributed by atoms with Crippen molar-refractivity contribution in [1.29, 1.82) is 0 Å². The normalized spacial score (nSPS) is 29.3. The van der Waals surface area contributed by atoms with Crippen molar-refractivity contribution in [2.45, 2.75) is 50.5 Å². The third kappa shape index (κ3) is 4.31. The van der Waals surface area contributed by atoms with Gasteiger partial charge in [0.05, 0.1) is 30.1 Å². The van der Waals surface area contributed by atoms with Gasteiger partial charge in [0.1, 0.15) is 11.6 Å². The van der Waals surface area contributed by atoms with Crippen LogP contribution in [-0.2, 0) is 19.1 Å². The topological polar surface area (TPSA) is 90.4 Å². The van der Waals surface area contributed by atoms with Crippen molar-refractivity contribution >= 4 is 29.1 Å². The molecule has 2 saturated heterocycles. The van der Waals surface area contributed by atoms with Crippen LogP contribution >= 0.6 is 0 Å². The Balaban J connectivity index is 1.43. The number of anilines is 2. The number of fused-ring (bicyclic) bond motifs is 2. The SMILES string of the molecule is CC[C@@]12C=CCN(c3ccccc3)C(=O)[C@@H]1[C@H]1C(=O)N([C@H](CO)c3ccccc3)C3C(=O)N(c4c(C)cccc4C)CC=C[C@@]31O2. The Hall–Kier alpha value is -4.53. The van der Waals surface area contributed by atoms with Gasteiger partial charge in [-0.15, -0.1) is 0 Å². The predicted molar refractivity (Wildman–Crippen MR) is 176 cm³/mol. The Labute approximate surface area is 269 Å². The quantitative estimate of drug-likeness (QED) is 0.398. The molecular weight excluding hydrogens is 578 g/mol. The van der Waals surface area contributed by atoms with E-state index in [2.05, 4.69) is 0 Å². The highest BCUT2D eigenvalue weighted by Gasteiger charge is 2.76. The summed E-state index contributed by atoms with van der Waals surface area (Å²) in [5.74, 6) is -2.77. The maximum atomic E-state index is 15.1. The van der Waals surface area contributed by atoms with E-state index in [9.17, 15) is 9.90 Å². The summed E-state index contributed by atoms with van der Waals surface area (Å²) >= 11 is 0. The number of para-hydroxylation sites is 2. The maximum absolute atomic E-state index is 15.1. The molecule has 8 heteroatoms. The summed E-state index contributed by atoms with van der Waals surface area (Å²) < 4.78 is 7.17. The molecule has 1 spiro atoms. The molecule has 2 fully saturated rings. The molecule has 3 amide bonds. The molecule has 0 aliphatic carbocycles. The zero-order chi connectivity index (χ0) is 32.2. The molecule has 0 bridgehead atoms. The van der Waals surface area contributed by atoms with Crippen LogP contribution in [0, 0.1) is 25.7 Å². The fraction of sp³-hybridized carbons (Fsp3) is 0.342. The predicted octanol–water partition coefficient (Wildman–Crippen LogP) is 4.90. The third-order valence-electron chi connectivity index (χ3n) is 10.3. The first kappa shape index (κ1) is 30.1. The summed E-state index contributed by atoms with van der Waals surface area (Å²) in [7, 11) is 0. The van der Waals surface area contributed by atoms with Crippen LogP contribution in [0.5, 0.6) is 0 Å². The Kier molecular flexibility index (Phi) is 7.45. The molecule has 3 aromatic carbocycles. The molecule has 46 heavy (non-hydrogen) atoms. The minimum Gasteiger partial charge on any atom is -0.394 e. The highest BCUT2D eigenvalue weighted by atomic mass is 16.5. The number of likely N-dealkylation sites (tertiary alicyclic amines) is 1. The molecule has 4 heterocycles. The smallest absolute Gasteiger partial charge is 0.253 e. The number of hydrogen-bond donors (Lipinski definition) is 1. The van der Waals surface area contributed by atoms with Gasteiger partial charge in [0.2, 0.25) is 11.8 Å². The molecule has 236 valence electrons. The Morgan fingerprint density at radius 1 is 0.783 bits per heavy atom. The number of nitrogens with zero attached hydrogens (tertiary/aromatic N) is 3. The van der Waals surface area contributed by atoms with Crippen molar-refractivity contribution in [3.63, 3.8) is 0 Å². The first-order valence-corrected chi connectivity index (χ1v) is 16.1. The standard InChI is InChI=1S/C38H39N3O5/c1-4-37-20-12-22-39(28-18-9-6-10-19-28)34(43)30(37)31-35(44)41(29(24-42)27-16-7-5-8-17-27)33-36(45)40(23-13-21-38(31,33)46-37)32-25(2)14-11-15-26(32)3/h5-21,29-31,33,42H,4,22-24H2,1-3H3/t29-,30+,31+,33?,37-,38+/m1/s1. The van der Waals surface area contributed by atoms with Gasteiger partial charge in [-0.2, -0.15) is 0 Å². The lowest BCUT2D eigenvalue weighted by molar-refractivity contribution is -0.149. The number of ether oxygens (including phenoxy) is 1. The monoisotopic (exact) mass is 617 g/mol. The molecular formula is C38H39N3O5. The number of carbonyl (C=O) groups excluding carboxylic acids is 3. The van der Waals surface area contributed by atoms with Gasteiger partial charge in [-0.05, 0) is 49.1 Å². The van der Waals surface area contributed by atoms with Crippen LogP contribution < -0.4 is 9.80 Å². The summed E-state index contributed by atoms with van der Waals surface area (Å²) in [6, 6.07) is 22.7. The van der Waals surface area contributed by atoms with Crippen molar-refractivity contribution in [2.75, 3.05) is 29.5 Å². The van der Waals surface area contributed by atoms with E-state index >= 15 is 9.59 Å². The summed E-state index contributed by atoms with van der Waals surface area (Å²) in [5.41, 5.74) is 1.54. The minimum absolute atomic E-state index is 0.217. The van der Waals surface area contributed by atoms with E-state index in [-0.39, 0.29) is 24.3 Å². The first-order valence-electron chi connectivity index (χ1n) is 16.1. The van der Waals surface area contributed by atoms with E-state index in [1.807, 2.05) is 124 Å². The number of carbonyl (C=O) groups is 3. The Morgan fingerprint density at radius 2 is 1.41 bits per heavy atom. The molecule has 3 aromatic rings. The highest BCUT2D eigenvalue weighted by Crippen LogP contribution is 2.60. The number of rotatable bonds is 6. The van der Waals surface area contributed by atoms with Gasteiger partial charge >= 0.3 is 0 Å². The molecule has 6 atom stereocenters. The molecule has 1 unspecified atom stereocenters. The van der Waals surface area contributed by atoms with Crippen molar-refractivity contribution in [2.24, 2.45) is 11.8 Å². The maximum Gasteiger partial charge on any atom is 0.253 e. The van der Waals surface area contributed by atoms with Crippen LogP contribution in [0.15, 0.2) is 103 Å². The average molecular weight is 618 g/mol. The van der Waals surface area contributed by atoms with Gasteiger partial charge in [0.25, 0.3) is 5.91 Å². The Bertz CT molecular complexity index is 1720. The van der Waals surface area contributed by atoms with E-state index in [0.717, 1.165) is 22.5 Å². The fourth-order valence-corrected chi connectivity index (χ4v) is 8.34. The van der Waals surface area contributed by atoms with Crippen molar-refractivity contribution < 1.29 is 24.2 Å². The molecule has 7 rings (SSSR count). The van der Waals surface area contributed by atoms with Gasteiger partial charge in [-0.1, -0.05) is 98.0 Å². The van der Waals surface area contributed by atoms with Gasteiger partial charge in [-0.3, -0.25) is 14.4 Å². The lowest BCUT2D eigenvalue weighted by atomic mass is 9.73. The van der Waals surface area contributed by atoms with Crippen molar-refractivity contribution in [3.05, 3.63) is 120 Å². The number of aliphatic hydroxyl groups is 1. The lowest BCUT2D eigenvalue weighted by Crippen LogP contribution is -2.57. The summed E-state index contributed by atoms with van der Waals surface area (Å²) in [6.45, 7) is 6.12.